The highest BCUT2D eigenvalue weighted by atomic mass is 16.1. The van der Waals surface area contributed by atoms with Gasteiger partial charge in [-0.1, -0.05) is 66.7 Å². The van der Waals surface area contributed by atoms with E-state index in [4.69, 9.17) is 0 Å². The monoisotopic (exact) mass is 386 g/mol. The Morgan fingerprint density at radius 3 is 2.39 bits per heavy atom. The van der Waals surface area contributed by atoms with Crippen LogP contribution < -0.4 is 0 Å². The Morgan fingerprint density at radius 2 is 1.64 bits per heavy atom. The fourth-order valence-electron chi connectivity index (χ4n) is 8.99. The van der Waals surface area contributed by atoms with Crippen molar-refractivity contribution in [3.63, 3.8) is 0 Å². The number of carbonyl (C=O) groups is 1. The molecule has 0 aliphatic heterocycles. The van der Waals surface area contributed by atoms with Crippen LogP contribution in [0.4, 0.5) is 0 Å². The van der Waals surface area contributed by atoms with Gasteiger partial charge in [0.1, 0.15) is 5.78 Å². The van der Waals surface area contributed by atoms with Gasteiger partial charge in [-0.3, -0.25) is 4.79 Å². The van der Waals surface area contributed by atoms with E-state index in [2.05, 4.69) is 34.6 Å². The lowest BCUT2D eigenvalue weighted by atomic mass is 9.44. The van der Waals surface area contributed by atoms with Crippen LogP contribution in [0.3, 0.4) is 0 Å². The first kappa shape index (κ1) is 20.9. The van der Waals surface area contributed by atoms with Gasteiger partial charge in [-0.15, -0.1) is 0 Å². The molecule has 0 aromatic rings. The zero-order chi connectivity index (χ0) is 20.1. The van der Waals surface area contributed by atoms with Gasteiger partial charge in [0.05, 0.1) is 0 Å². The fraction of sp³-hybridized carbons (Fsp3) is 0.963. The summed E-state index contributed by atoms with van der Waals surface area (Å²) in [5.74, 6) is 5.70. The van der Waals surface area contributed by atoms with Gasteiger partial charge in [-0.05, 0) is 84.9 Å². The van der Waals surface area contributed by atoms with E-state index in [1.807, 2.05) is 0 Å². The van der Waals surface area contributed by atoms with Crippen molar-refractivity contribution in [2.75, 3.05) is 0 Å². The van der Waals surface area contributed by atoms with E-state index < -0.39 is 0 Å². The Bertz CT molecular complexity index is 579. The lowest BCUT2D eigenvalue weighted by Gasteiger charge is -2.60. The average molecular weight is 387 g/mol. The third-order valence-electron chi connectivity index (χ3n) is 10.6. The molecule has 4 aliphatic rings. The Morgan fingerprint density at radius 1 is 0.893 bits per heavy atom. The minimum Gasteiger partial charge on any atom is -0.299 e. The van der Waals surface area contributed by atoms with Gasteiger partial charge >= 0.3 is 0 Å². The van der Waals surface area contributed by atoms with Crippen LogP contribution in [0.2, 0.25) is 0 Å². The molecule has 0 aromatic carbocycles. The second-order valence-corrected chi connectivity index (χ2v) is 12.4. The molecule has 0 saturated heterocycles. The minimum atomic E-state index is 0.408. The summed E-state index contributed by atoms with van der Waals surface area (Å²) >= 11 is 0. The first-order valence-corrected chi connectivity index (χ1v) is 12.8. The SMILES string of the molecule is CC(C)CCC[C@@H](C)[C@@H]1CC[C@@H]2[C@@H]3C(=O)C[C@H]4CCCC[C@]4(C)[C@@H]3CC[C@]21C. The molecule has 1 heteroatoms. The number of hydrogen-bond donors (Lipinski definition) is 0. The summed E-state index contributed by atoms with van der Waals surface area (Å²) in [6.07, 6.45) is 16.0. The first-order valence-electron chi connectivity index (χ1n) is 12.8. The number of hydrogen-bond acceptors (Lipinski definition) is 1. The molecule has 0 aromatic heterocycles. The summed E-state index contributed by atoms with van der Waals surface area (Å²) in [6.45, 7) is 12.4. The topological polar surface area (TPSA) is 17.1 Å². The fourth-order valence-corrected chi connectivity index (χ4v) is 8.99. The molecule has 0 radical (unpaired) electrons. The number of carbonyl (C=O) groups excluding carboxylic acids is 1. The molecule has 4 saturated carbocycles. The van der Waals surface area contributed by atoms with Crippen LogP contribution in [0, 0.1) is 52.3 Å². The van der Waals surface area contributed by atoms with Crippen molar-refractivity contribution in [2.24, 2.45) is 52.3 Å². The Labute approximate surface area is 174 Å². The normalized spacial score (nSPS) is 46.8. The predicted molar refractivity (Wildman–Crippen MR) is 118 cm³/mol. The van der Waals surface area contributed by atoms with Gasteiger partial charge in [0.25, 0.3) is 0 Å². The van der Waals surface area contributed by atoms with E-state index in [0.29, 0.717) is 40.3 Å². The second kappa shape index (κ2) is 7.73. The van der Waals surface area contributed by atoms with Gasteiger partial charge in [-0.2, -0.15) is 0 Å². The Kier molecular flexibility index (Phi) is 5.78. The zero-order valence-electron chi connectivity index (χ0n) is 19.4. The third kappa shape index (κ3) is 3.31. The van der Waals surface area contributed by atoms with Gasteiger partial charge in [0, 0.05) is 12.3 Å². The summed E-state index contributed by atoms with van der Waals surface area (Å²) in [5, 5.41) is 0. The van der Waals surface area contributed by atoms with Crippen LogP contribution in [-0.4, -0.2) is 5.78 Å². The molecule has 4 fully saturated rings. The van der Waals surface area contributed by atoms with E-state index in [-0.39, 0.29) is 0 Å². The molecule has 1 nitrogen and oxygen atoms in total. The largest absolute Gasteiger partial charge is 0.299 e. The highest BCUT2D eigenvalue weighted by Crippen LogP contribution is 2.67. The van der Waals surface area contributed by atoms with Crippen molar-refractivity contribution in [2.45, 2.75) is 112 Å². The molecule has 0 N–H and O–H groups in total. The maximum Gasteiger partial charge on any atom is 0.136 e. The number of rotatable bonds is 5. The van der Waals surface area contributed by atoms with E-state index >= 15 is 0 Å². The van der Waals surface area contributed by atoms with Crippen LogP contribution in [0.5, 0.6) is 0 Å². The molecular formula is C27H46O. The summed E-state index contributed by atoms with van der Waals surface area (Å²) < 4.78 is 0. The maximum absolute atomic E-state index is 13.4. The molecule has 4 rings (SSSR count). The van der Waals surface area contributed by atoms with Crippen LogP contribution in [0.15, 0.2) is 0 Å². The van der Waals surface area contributed by atoms with Crippen LogP contribution >= 0.6 is 0 Å². The Balaban J connectivity index is 1.51. The molecular weight excluding hydrogens is 340 g/mol. The van der Waals surface area contributed by atoms with E-state index in [1.54, 1.807) is 0 Å². The van der Waals surface area contributed by atoms with E-state index in [0.717, 1.165) is 24.2 Å². The first-order chi connectivity index (χ1) is 13.3. The highest BCUT2D eigenvalue weighted by molar-refractivity contribution is 5.83. The summed E-state index contributed by atoms with van der Waals surface area (Å²) in [7, 11) is 0. The lowest BCUT2D eigenvalue weighted by molar-refractivity contribution is -0.156. The summed E-state index contributed by atoms with van der Waals surface area (Å²) in [5.41, 5.74) is 0.908. The van der Waals surface area contributed by atoms with Gasteiger partial charge in [-0.25, -0.2) is 0 Å². The van der Waals surface area contributed by atoms with Crippen LogP contribution in [0.1, 0.15) is 112 Å². The minimum absolute atomic E-state index is 0.408. The van der Waals surface area contributed by atoms with Crippen LogP contribution in [-0.2, 0) is 4.79 Å². The van der Waals surface area contributed by atoms with Crippen molar-refractivity contribution in [3.05, 3.63) is 0 Å². The van der Waals surface area contributed by atoms with Crippen LogP contribution in [0.25, 0.3) is 0 Å². The quantitative estimate of drug-likeness (QED) is 0.473. The molecule has 0 heterocycles. The van der Waals surface area contributed by atoms with Crippen molar-refractivity contribution in [3.8, 4) is 0 Å². The average Bonchev–Trinajstić information content (AvgIpc) is 2.99. The third-order valence-corrected chi connectivity index (χ3v) is 10.6. The molecule has 0 unspecified atom stereocenters. The molecule has 0 spiro atoms. The highest BCUT2D eigenvalue weighted by Gasteiger charge is 2.62. The van der Waals surface area contributed by atoms with Crippen molar-refractivity contribution in [1.82, 2.24) is 0 Å². The Hall–Kier alpha value is -0.330. The molecule has 28 heavy (non-hydrogen) atoms. The lowest BCUT2D eigenvalue weighted by Crippen LogP contribution is -2.56. The summed E-state index contributed by atoms with van der Waals surface area (Å²) in [4.78, 5) is 13.4. The molecule has 0 bridgehead atoms. The van der Waals surface area contributed by atoms with E-state index in [9.17, 15) is 4.79 Å². The maximum atomic E-state index is 13.4. The second-order valence-electron chi connectivity index (χ2n) is 12.4. The van der Waals surface area contributed by atoms with E-state index in [1.165, 1.54) is 70.6 Å². The number of ketones is 1. The summed E-state index contributed by atoms with van der Waals surface area (Å²) in [6, 6.07) is 0. The predicted octanol–water partition coefficient (Wildman–Crippen LogP) is 7.68. The molecule has 0 amide bonds. The molecule has 8 atom stereocenters. The van der Waals surface area contributed by atoms with Crippen molar-refractivity contribution >= 4 is 5.78 Å². The van der Waals surface area contributed by atoms with Crippen molar-refractivity contribution in [1.29, 1.82) is 0 Å². The zero-order valence-corrected chi connectivity index (χ0v) is 19.4. The number of Topliss-reactive ketones (excluding diaryl/α,β-unsaturated/α-hetero) is 1. The molecule has 160 valence electrons. The van der Waals surface area contributed by atoms with Gasteiger partial charge in [0.15, 0.2) is 0 Å². The smallest absolute Gasteiger partial charge is 0.136 e. The number of fused-ring (bicyclic) bond motifs is 5. The standard InChI is InChI=1S/C27H46O/c1-18(2)9-8-10-19(3)21-12-13-22-25-23(14-16-27(21,22)5)26(4)15-7-6-11-20(26)17-24(25)28/h18-23,25H,6-17H2,1-5H3/t19-,20-,21+,22-,23-,25+,26+,27+/m1/s1. The van der Waals surface area contributed by atoms with Gasteiger partial charge < -0.3 is 0 Å². The van der Waals surface area contributed by atoms with Crippen molar-refractivity contribution < 1.29 is 4.79 Å². The van der Waals surface area contributed by atoms with Gasteiger partial charge in [0.2, 0.25) is 0 Å². The molecule has 4 aliphatic carbocycles.